The number of nitrogens with one attached hydrogen (secondary N) is 2. The average Bonchev–Trinajstić information content (AvgIpc) is 3.48. The van der Waals surface area contributed by atoms with Gasteiger partial charge < -0.3 is 19.8 Å². The molecule has 0 atom stereocenters. The lowest BCUT2D eigenvalue weighted by Crippen LogP contribution is -2.37. The highest BCUT2D eigenvalue weighted by molar-refractivity contribution is 5.80. The molecule has 1 aliphatic heterocycles. The second-order valence-electron chi connectivity index (χ2n) is 8.61. The number of rotatable bonds is 8. The molecule has 2 N–H and O–H groups in total. The van der Waals surface area contributed by atoms with Gasteiger partial charge in [-0.05, 0) is 38.4 Å². The number of nitrogens with zero attached hydrogens (tertiary/aromatic N) is 6. The van der Waals surface area contributed by atoms with Crippen LogP contribution in [-0.4, -0.2) is 69.6 Å². The van der Waals surface area contributed by atoms with E-state index in [1.165, 1.54) is 5.56 Å². The molecule has 0 amide bonds. The molecule has 1 saturated heterocycles. The van der Waals surface area contributed by atoms with Gasteiger partial charge in [0.05, 0.1) is 24.5 Å². The van der Waals surface area contributed by atoms with Crippen LogP contribution in [0.3, 0.4) is 0 Å². The molecule has 10 nitrogen and oxygen atoms in total. The Labute approximate surface area is 198 Å². The first-order valence-corrected chi connectivity index (χ1v) is 11.6. The van der Waals surface area contributed by atoms with Gasteiger partial charge in [-0.2, -0.15) is 0 Å². The summed E-state index contributed by atoms with van der Waals surface area (Å²) in [4.78, 5) is 2.43. The Hall–Kier alpha value is -3.50. The third-order valence-electron chi connectivity index (χ3n) is 6.11. The summed E-state index contributed by atoms with van der Waals surface area (Å²) in [6.07, 6.45) is 3.81. The number of hydrogen-bond donors (Lipinski definition) is 2. The Morgan fingerprint density at radius 2 is 1.85 bits per heavy atom. The van der Waals surface area contributed by atoms with Crippen LogP contribution in [0, 0.1) is 13.8 Å². The van der Waals surface area contributed by atoms with E-state index < -0.39 is 0 Å². The van der Waals surface area contributed by atoms with Crippen molar-refractivity contribution < 1.29 is 9.15 Å². The van der Waals surface area contributed by atoms with Crippen LogP contribution in [0.5, 0.6) is 0 Å². The number of morpholine rings is 1. The normalized spacial score (nSPS) is 14.6. The molecule has 0 saturated carbocycles. The fourth-order valence-electron chi connectivity index (χ4n) is 4.24. The monoisotopic (exact) mass is 462 g/mol. The van der Waals surface area contributed by atoms with Crippen LogP contribution in [0.1, 0.15) is 23.4 Å². The van der Waals surface area contributed by atoms with Gasteiger partial charge in [0.1, 0.15) is 5.82 Å². The van der Waals surface area contributed by atoms with Crippen LogP contribution in [0.4, 0.5) is 17.4 Å². The van der Waals surface area contributed by atoms with Gasteiger partial charge in [0.15, 0.2) is 5.65 Å². The zero-order chi connectivity index (χ0) is 23.5. The van der Waals surface area contributed by atoms with E-state index >= 15 is 0 Å². The van der Waals surface area contributed by atoms with Crippen LogP contribution in [0.2, 0.25) is 0 Å². The first-order valence-electron chi connectivity index (χ1n) is 11.6. The number of fused-ring (bicyclic) bond motifs is 1. The fourth-order valence-corrected chi connectivity index (χ4v) is 4.24. The van der Waals surface area contributed by atoms with Crippen LogP contribution < -0.4 is 10.6 Å². The number of aromatic nitrogens is 5. The molecule has 0 spiro atoms. The van der Waals surface area contributed by atoms with Gasteiger partial charge in [0.25, 0.3) is 5.89 Å². The van der Waals surface area contributed by atoms with E-state index in [-0.39, 0.29) is 0 Å². The van der Waals surface area contributed by atoms with E-state index in [1.807, 2.05) is 16.7 Å². The lowest BCUT2D eigenvalue weighted by Gasteiger charge is -2.26. The van der Waals surface area contributed by atoms with Gasteiger partial charge in [-0.15, -0.1) is 15.3 Å². The quantitative estimate of drug-likeness (QED) is 0.407. The Balaban J connectivity index is 1.46. The molecule has 178 valence electrons. The summed E-state index contributed by atoms with van der Waals surface area (Å²) in [6.45, 7) is 8.79. The third kappa shape index (κ3) is 4.73. The van der Waals surface area contributed by atoms with Gasteiger partial charge >= 0.3 is 6.01 Å². The van der Waals surface area contributed by atoms with E-state index in [9.17, 15) is 0 Å². The summed E-state index contributed by atoms with van der Waals surface area (Å²) < 4.78 is 13.3. The van der Waals surface area contributed by atoms with Crippen molar-refractivity contribution in [3.05, 3.63) is 47.4 Å². The molecule has 0 bridgehead atoms. The predicted octanol–water partition coefficient (Wildman–Crippen LogP) is 3.45. The maximum absolute atomic E-state index is 5.83. The maximum Gasteiger partial charge on any atom is 0.315 e. The van der Waals surface area contributed by atoms with Crippen LogP contribution in [0.15, 0.2) is 34.9 Å². The van der Waals surface area contributed by atoms with E-state index in [0.717, 1.165) is 79.7 Å². The molecule has 4 heterocycles. The number of ether oxygens (including phenoxy) is 1. The second-order valence-corrected chi connectivity index (χ2v) is 8.61. The second kappa shape index (κ2) is 9.78. The standard InChI is InChI=1S/C24H30N8O2/c1-16-6-7-19(17(2)13-16)26-20-14-22-28-27-21(5-4-8-31-9-11-33-12-10-31)32(22)15-18(20)23-29-30-24(25-3)34-23/h6-7,13-15,26H,4-5,8-12H2,1-3H3,(H,25,30). The minimum atomic E-state index is 0.363. The number of pyridine rings is 1. The summed E-state index contributed by atoms with van der Waals surface area (Å²) in [7, 11) is 1.75. The zero-order valence-corrected chi connectivity index (χ0v) is 19.8. The topological polar surface area (TPSA) is 106 Å². The molecule has 1 aromatic carbocycles. The number of benzene rings is 1. The van der Waals surface area contributed by atoms with Crippen molar-refractivity contribution in [3.8, 4) is 11.5 Å². The van der Waals surface area contributed by atoms with Crippen LogP contribution >= 0.6 is 0 Å². The third-order valence-corrected chi connectivity index (χ3v) is 6.11. The highest BCUT2D eigenvalue weighted by Crippen LogP contribution is 2.33. The smallest absolute Gasteiger partial charge is 0.315 e. The van der Waals surface area contributed by atoms with Gasteiger partial charge in [0.2, 0.25) is 0 Å². The van der Waals surface area contributed by atoms with Crippen LogP contribution in [0.25, 0.3) is 17.1 Å². The van der Waals surface area contributed by atoms with Crippen molar-refractivity contribution in [2.24, 2.45) is 0 Å². The summed E-state index contributed by atoms with van der Waals surface area (Å²) in [5.41, 5.74) is 5.76. The summed E-state index contributed by atoms with van der Waals surface area (Å²) in [5.74, 6) is 1.34. The number of hydrogen-bond acceptors (Lipinski definition) is 9. The molecular weight excluding hydrogens is 432 g/mol. The molecule has 34 heavy (non-hydrogen) atoms. The SMILES string of the molecule is CNc1nnc(-c2cn3c(CCCN4CCOCC4)nnc3cc2Nc2ccc(C)cc2C)o1. The Morgan fingerprint density at radius 3 is 2.62 bits per heavy atom. The van der Waals surface area contributed by atoms with E-state index in [1.54, 1.807) is 7.05 Å². The van der Waals surface area contributed by atoms with Crippen molar-refractivity contribution in [1.82, 2.24) is 29.7 Å². The van der Waals surface area contributed by atoms with Crippen molar-refractivity contribution in [2.75, 3.05) is 50.5 Å². The molecule has 5 rings (SSSR count). The largest absolute Gasteiger partial charge is 0.403 e. The van der Waals surface area contributed by atoms with Crippen LogP contribution in [-0.2, 0) is 11.2 Å². The fraction of sp³-hybridized carbons (Fsp3) is 0.417. The molecule has 1 fully saturated rings. The summed E-state index contributed by atoms with van der Waals surface area (Å²) >= 11 is 0. The molecule has 0 radical (unpaired) electrons. The van der Waals surface area contributed by atoms with Gasteiger partial charge in [0, 0.05) is 44.5 Å². The number of aryl methyl sites for hydroxylation is 3. The van der Waals surface area contributed by atoms with Gasteiger partial charge in [-0.1, -0.05) is 22.8 Å². The Bertz CT molecular complexity index is 1280. The lowest BCUT2D eigenvalue weighted by molar-refractivity contribution is 0.0374. The molecule has 0 aliphatic carbocycles. The first-order chi connectivity index (χ1) is 16.6. The minimum Gasteiger partial charge on any atom is -0.403 e. The average molecular weight is 463 g/mol. The summed E-state index contributed by atoms with van der Waals surface area (Å²) in [6, 6.07) is 8.66. The Kier molecular flexibility index (Phi) is 6.41. The summed E-state index contributed by atoms with van der Waals surface area (Å²) in [5, 5.41) is 23.7. The molecule has 10 heteroatoms. The van der Waals surface area contributed by atoms with Crippen molar-refractivity contribution in [2.45, 2.75) is 26.7 Å². The Morgan fingerprint density at radius 1 is 1.00 bits per heavy atom. The lowest BCUT2D eigenvalue weighted by atomic mass is 10.1. The zero-order valence-electron chi connectivity index (χ0n) is 19.8. The highest BCUT2D eigenvalue weighted by Gasteiger charge is 2.18. The molecule has 4 aromatic rings. The molecule has 1 aliphatic rings. The van der Waals surface area contributed by atoms with Crippen molar-refractivity contribution in [1.29, 1.82) is 0 Å². The van der Waals surface area contributed by atoms with Crippen molar-refractivity contribution in [3.63, 3.8) is 0 Å². The number of anilines is 3. The van der Waals surface area contributed by atoms with E-state index in [0.29, 0.717) is 11.9 Å². The molecular formula is C24H30N8O2. The molecule has 3 aromatic heterocycles. The predicted molar refractivity (Wildman–Crippen MR) is 131 cm³/mol. The van der Waals surface area contributed by atoms with Crippen molar-refractivity contribution >= 4 is 23.0 Å². The maximum atomic E-state index is 5.83. The minimum absolute atomic E-state index is 0.363. The first kappa shape index (κ1) is 22.3. The van der Waals surface area contributed by atoms with Gasteiger partial charge in [-0.3, -0.25) is 9.30 Å². The molecule has 0 unspecified atom stereocenters. The van der Waals surface area contributed by atoms with E-state index in [4.69, 9.17) is 9.15 Å². The highest BCUT2D eigenvalue weighted by atomic mass is 16.5. The van der Waals surface area contributed by atoms with E-state index in [2.05, 4.69) is 68.0 Å². The van der Waals surface area contributed by atoms with Gasteiger partial charge in [-0.25, -0.2) is 0 Å².